The number of carbonyl (C=O) groups is 1. The molecule has 41 heavy (non-hydrogen) atoms. The molecule has 4 bridgehead atoms. The van der Waals surface area contributed by atoms with Crippen molar-refractivity contribution in [2.24, 2.45) is 17.8 Å². The van der Waals surface area contributed by atoms with Gasteiger partial charge in [0, 0.05) is 11.6 Å². The maximum Gasteiger partial charge on any atom is 0.352 e. The van der Waals surface area contributed by atoms with Crippen molar-refractivity contribution in [2.45, 2.75) is 109 Å². The average Bonchev–Trinajstić information content (AvgIpc) is 2.97. The second-order valence-electron chi connectivity index (χ2n) is 12.8. The highest BCUT2D eigenvalue weighted by molar-refractivity contribution is 5.90. The van der Waals surface area contributed by atoms with E-state index in [1.54, 1.807) is 12.1 Å². The molecule has 4 nitrogen and oxygen atoms in total. The minimum Gasteiger partial charge on any atom is -0.493 e. The van der Waals surface area contributed by atoms with Crippen LogP contribution in [0.25, 0.3) is 0 Å². The topological polar surface area (TPSA) is 44.8 Å². The van der Waals surface area contributed by atoms with Gasteiger partial charge in [-0.05, 0) is 98.7 Å². The van der Waals surface area contributed by atoms with Crippen LogP contribution in [-0.2, 0) is 10.2 Å². The maximum absolute atomic E-state index is 12.6. The van der Waals surface area contributed by atoms with Crippen LogP contribution in [-0.4, -0.2) is 19.2 Å². The number of hydrogen-bond donors (Lipinski definition) is 0. The Kier molecular flexibility index (Phi) is 10.3. The van der Waals surface area contributed by atoms with Gasteiger partial charge in [0.2, 0.25) is 0 Å². The summed E-state index contributed by atoms with van der Waals surface area (Å²) in [6.45, 7) is 5.84. The molecule has 0 unspecified atom stereocenters. The van der Waals surface area contributed by atoms with Crippen LogP contribution in [0.2, 0.25) is 0 Å². The van der Waals surface area contributed by atoms with Crippen molar-refractivity contribution in [3.8, 4) is 23.5 Å². The van der Waals surface area contributed by atoms with E-state index in [9.17, 15) is 4.79 Å². The minimum atomic E-state index is -0.437. The van der Waals surface area contributed by atoms with E-state index in [0.29, 0.717) is 12.2 Å². The van der Waals surface area contributed by atoms with Crippen LogP contribution in [0.4, 0.5) is 0 Å². The molecule has 0 atom stereocenters. The second kappa shape index (κ2) is 14.3. The highest BCUT2D eigenvalue weighted by Gasteiger charge is 2.52. The molecule has 0 aliphatic heterocycles. The molecule has 6 rings (SSSR count). The Balaban J connectivity index is 1.45. The Bertz CT molecular complexity index is 1170. The number of ether oxygens (including phenoxy) is 3. The van der Waals surface area contributed by atoms with Gasteiger partial charge in [-0.3, -0.25) is 0 Å². The number of rotatable bonds is 14. The number of esters is 1. The van der Waals surface area contributed by atoms with E-state index in [1.165, 1.54) is 76.2 Å². The SMILES string of the molecule is CCCCCCOc1cc(OCCCCCC)c(C23CC4CC(CC(C4)C2)C3)cc1C#COC(=O)c1ccccc1. The fourth-order valence-corrected chi connectivity index (χ4v) is 7.93. The molecule has 0 saturated heterocycles. The monoisotopic (exact) mass is 556 g/mol. The first-order valence-electron chi connectivity index (χ1n) is 16.3. The van der Waals surface area contributed by atoms with Crippen LogP contribution in [0.15, 0.2) is 42.5 Å². The summed E-state index contributed by atoms with van der Waals surface area (Å²) < 4.78 is 18.3. The van der Waals surface area contributed by atoms with Gasteiger partial charge in [-0.15, -0.1) is 0 Å². The summed E-state index contributed by atoms with van der Waals surface area (Å²) >= 11 is 0. The molecule has 0 N–H and O–H groups in total. The molecule has 4 saturated carbocycles. The van der Waals surface area contributed by atoms with E-state index >= 15 is 0 Å². The van der Waals surface area contributed by atoms with E-state index < -0.39 is 5.97 Å². The summed E-state index contributed by atoms with van der Waals surface area (Å²) in [6.07, 6.45) is 19.9. The van der Waals surface area contributed by atoms with Crippen molar-refractivity contribution in [3.05, 3.63) is 59.2 Å². The standard InChI is InChI=1S/C37H48O4/c1-3-5-7-12-17-39-34-24-35(40-18-13-8-6-4-2)33(37-25-28-20-29(26-37)22-30(21-28)27-37)23-32(34)16-19-41-36(38)31-14-10-9-11-15-31/h9-11,14-15,23-24,28-30H,3-8,12-13,17-18,20-22,25-27H2,1-2H3. The molecule has 2 aromatic rings. The lowest BCUT2D eigenvalue weighted by Crippen LogP contribution is -2.48. The minimum absolute atomic E-state index is 0.157. The van der Waals surface area contributed by atoms with Crippen molar-refractivity contribution >= 4 is 5.97 Å². The van der Waals surface area contributed by atoms with Gasteiger partial charge in [-0.1, -0.05) is 70.6 Å². The van der Waals surface area contributed by atoms with Gasteiger partial charge in [-0.2, -0.15) is 0 Å². The van der Waals surface area contributed by atoms with Gasteiger partial charge in [0.25, 0.3) is 0 Å². The van der Waals surface area contributed by atoms with E-state index in [1.807, 2.05) is 18.2 Å². The quantitative estimate of drug-likeness (QED) is 0.132. The predicted octanol–water partition coefficient (Wildman–Crippen LogP) is 9.24. The van der Waals surface area contributed by atoms with Crippen LogP contribution < -0.4 is 9.47 Å². The molecule has 0 heterocycles. The lowest BCUT2D eigenvalue weighted by molar-refractivity contribution is -0.00644. The highest BCUT2D eigenvalue weighted by Crippen LogP contribution is 2.62. The summed E-state index contributed by atoms with van der Waals surface area (Å²) in [6, 6.07) is 13.4. The summed E-state index contributed by atoms with van der Waals surface area (Å²) in [5.41, 5.74) is 2.76. The molecule has 220 valence electrons. The molecule has 0 radical (unpaired) electrons. The van der Waals surface area contributed by atoms with Gasteiger partial charge in [0.05, 0.1) is 24.3 Å². The van der Waals surface area contributed by atoms with Gasteiger partial charge in [-0.25, -0.2) is 4.79 Å². The Labute approximate surface area is 247 Å². The fourth-order valence-electron chi connectivity index (χ4n) is 7.93. The lowest BCUT2D eigenvalue weighted by Gasteiger charge is -2.57. The van der Waals surface area contributed by atoms with Crippen molar-refractivity contribution in [1.82, 2.24) is 0 Å². The Hall–Kier alpha value is -2.93. The first-order valence-corrected chi connectivity index (χ1v) is 16.3. The van der Waals surface area contributed by atoms with Crippen molar-refractivity contribution in [3.63, 3.8) is 0 Å². The van der Waals surface area contributed by atoms with Crippen molar-refractivity contribution < 1.29 is 19.0 Å². The van der Waals surface area contributed by atoms with Gasteiger partial charge < -0.3 is 14.2 Å². The van der Waals surface area contributed by atoms with Crippen LogP contribution in [0.5, 0.6) is 11.5 Å². The molecule has 2 aromatic carbocycles. The zero-order chi connectivity index (χ0) is 28.5. The summed E-state index contributed by atoms with van der Waals surface area (Å²) in [7, 11) is 0. The Morgan fingerprint density at radius 2 is 1.37 bits per heavy atom. The number of hydrogen-bond acceptors (Lipinski definition) is 4. The predicted molar refractivity (Wildman–Crippen MR) is 164 cm³/mol. The Morgan fingerprint density at radius 1 is 0.780 bits per heavy atom. The van der Waals surface area contributed by atoms with Crippen molar-refractivity contribution in [1.29, 1.82) is 0 Å². The molecule has 4 aliphatic carbocycles. The van der Waals surface area contributed by atoms with Crippen molar-refractivity contribution in [2.75, 3.05) is 13.2 Å². The third-order valence-corrected chi connectivity index (χ3v) is 9.54. The summed E-state index contributed by atoms with van der Waals surface area (Å²) in [5, 5.41) is 0. The maximum atomic E-state index is 12.6. The van der Waals surface area contributed by atoms with Gasteiger partial charge in [0.15, 0.2) is 0 Å². The molecule has 4 heteroatoms. The molecule has 0 spiro atoms. The molecule has 4 fully saturated rings. The smallest absolute Gasteiger partial charge is 0.352 e. The number of unbranched alkanes of at least 4 members (excludes halogenated alkanes) is 6. The number of benzene rings is 2. The lowest BCUT2D eigenvalue weighted by atomic mass is 9.48. The van der Waals surface area contributed by atoms with Crippen LogP contribution in [0.3, 0.4) is 0 Å². The molecular formula is C37H48O4. The van der Waals surface area contributed by atoms with E-state index in [4.69, 9.17) is 14.2 Å². The number of carbonyl (C=O) groups excluding carboxylic acids is 1. The first-order chi connectivity index (χ1) is 20.1. The highest BCUT2D eigenvalue weighted by atomic mass is 16.5. The summed E-state index contributed by atoms with van der Waals surface area (Å²) in [4.78, 5) is 12.6. The van der Waals surface area contributed by atoms with Gasteiger partial charge >= 0.3 is 5.97 Å². The Morgan fingerprint density at radius 3 is 1.95 bits per heavy atom. The normalized spacial score (nSPS) is 24.0. The largest absolute Gasteiger partial charge is 0.493 e. The van der Waals surface area contributed by atoms with Crippen LogP contribution in [0, 0.1) is 29.8 Å². The molecule has 4 aliphatic rings. The van der Waals surface area contributed by atoms with E-state index in [0.717, 1.165) is 60.7 Å². The fraction of sp³-hybridized carbons (Fsp3) is 0.595. The second-order valence-corrected chi connectivity index (χ2v) is 12.8. The van der Waals surface area contributed by atoms with Crippen LogP contribution in [0.1, 0.15) is 125 Å². The summed E-state index contributed by atoms with van der Waals surface area (Å²) in [5.74, 6) is 6.95. The van der Waals surface area contributed by atoms with Gasteiger partial charge in [0.1, 0.15) is 17.6 Å². The third-order valence-electron chi connectivity index (χ3n) is 9.54. The average molecular weight is 557 g/mol. The molecule has 0 aromatic heterocycles. The molecular weight excluding hydrogens is 508 g/mol. The zero-order valence-corrected chi connectivity index (χ0v) is 25.2. The van der Waals surface area contributed by atoms with E-state index in [-0.39, 0.29) is 5.41 Å². The zero-order valence-electron chi connectivity index (χ0n) is 25.2. The van der Waals surface area contributed by atoms with E-state index in [2.05, 4.69) is 38.0 Å². The molecule has 0 amide bonds. The van der Waals surface area contributed by atoms with Crippen LogP contribution >= 0.6 is 0 Å². The third kappa shape index (κ3) is 7.48. The first kappa shape index (κ1) is 29.6.